The number of carbonyl (C=O) groups excluding carboxylic acids is 1. The van der Waals surface area contributed by atoms with Crippen molar-refractivity contribution in [2.45, 2.75) is 32.6 Å². The smallest absolute Gasteiger partial charge is 0.222 e. The van der Waals surface area contributed by atoms with E-state index in [4.69, 9.17) is 5.73 Å². The second-order valence-corrected chi connectivity index (χ2v) is 4.47. The van der Waals surface area contributed by atoms with Gasteiger partial charge in [0.2, 0.25) is 5.91 Å². The van der Waals surface area contributed by atoms with Crippen molar-refractivity contribution in [1.82, 2.24) is 0 Å². The van der Waals surface area contributed by atoms with E-state index in [2.05, 4.69) is 38.8 Å². The van der Waals surface area contributed by atoms with Crippen LogP contribution in [0.2, 0.25) is 0 Å². The SMILES string of the molecule is CCCCC(Br)=C(Br)CC(N)=O. The van der Waals surface area contributed by atoms with Crippen LogP contribution in [0.15, 0.2) is 8.96 Å². The molecule has 0 spiro atoms. The summed E-state index contributed by atoms with van der Waals surface area (Å²) in [7, 11) is 0. The molecule has 0 aromatic carbocycles. The molecule has 1 amide bonds. The monoisotopic (exact) mass is 297 g/mol. The molecule has 0 rings (SSSR count). The number of nitrogens with two attached hydrogens (primary N) is 1. The molecule has 0 aliphatic rings. The molecule has 0 aliphatic carbocycles. The first-order chi connectivity index (χ1) is 5.57. The Bertz CT molecular complexity index is 189. The van der Waals surface area contributed by atoms with E-state index in [1.807, 2.05) is 0 Å². The lowest BCUT2D eigenvalue weighted by Gasteiger charge is -2.01. The van der Waals surface area contributed by atoms with Gasteiger partial charge in [0.1, 0.15) is 0 Å². The predicted octanol–water partition coefficient (Wildman–Crippen LogP) is 3.05. The Balaban J connectivity index is 3.97. The van der Waals surface area contributed by atoms with Gasteiger partial charge >= 0.3 is 0 Å². The Morgan fingerprint density at radius 2 is 1.92 bits per heavy atom. The maximum atomic E-state index is 10.5. The van der Waals surface area contributed by atoms with Gasteiger partial charge in [-0.2, -0.15) is 0 Å². The highest BCUT2D eigenvalue weighted by Crippen LogP contribution is 2.25. The van der Waals surface area contributed by atoms with Crippen molar-refractivity contribution in [2.24, 2.45) is 5.73 Å². The molecule has 2 nitrogen and oxygen atoms in total. The number of allylic oxidation sites excluding steroid dienone is 1. The lowest BCUT2D eigenvalue weighted by molar-refractivity contribution is -0.117. The summed E-state index contributed by atoms with van der Waals surface area (Å²) in [6.45, 7) is 2.13. The molecule has 0 saturated heterocycles. The molecule has 0 saturated carbocycles. The van der Waals surface area contributed by atoms with E-state index in [1.54, 1.807) is 0 Å². The lowest BCUT2D eigenvalue weighted by Crippen LogP contribution is -2.09. The van der Waals surface area contributed by atoms with Gasteiger partial charge in [-0.15, -0.1) is 0 Å². The summed E-state index contributed by atoms with van der Waals surface area (Å²) in [6.07, 6.45) is 3.51. The van der Waals surface area contributed by atoms with Crippen molar-refractivity contribution >= 4 is 37.8 Å². The van der Waals surface area contributed by atoms with Gasteiger partial charge in [-0.1, -0.05) is 45.2 Å². The summed E-state index contributed by atoms with van der Waals surface area (Å²) >= 11 is 6.70. The van der Waals surface area contributed by atoms with E-state index in [1.165, 1.54) is 0 Å². The second kappa shape index (κ2) is 6.66. The highest BCUT2D eigenvalue weighted by atomic mass is 79.9. The van der Waals surface area contributed by atoms with Crippen LogP contribution in [0.25, 0.3) is 0 Å². The van der Waals surface area contributed by atoms with Crippen LogP contribution in [-0.4, -0.2) is 5.91 Å². The predicted molar refractivity (Wildman–Crippen MR) is 58.2 cm³/mol. The summed E-state index contributed by atoms with van der Waals surface area (Å²) in [5, 5.41) is 0. The van der Waals surface area contributed by atoms with Crippen molar-refractivity contribution in [3.63, 3.8) is 0 Å². The van der Waals surface area contributed by atoms with Crippen LogP contribution in [0.1, 0.15) is 32.6 Å². The first kappa shape index (κ1) is 12.2. The first-order valence-corrected chi connectivity index (χ1v) is 5.47. The average molecular weight is 299 g/mol. The van der Waals surface area contributed by atoms with Gasteiger partial charge in [-0.3, -0.25) is 4.79 Å². The molecule has 0 atom stereocenters. The molecule has 0 aromatic heterocycles. The Labute approximate surface area is 89.8 Å². The van der Waals surface area contributed by atoms with E-state index in [-0.39, 0.29) is 12.3 Å². The molecular weight excluding hydrogens is 286 g/mol. The zero-order valence-corrected chi connectivity index (χ0v) is 10.2. The fourth-order valence-electron chi connectivity index (χ4n) is 0.716. The lowest BCUT2D eigenvalue weighted by atomic mass is 10.2. The second-order valence-electron chi connectivity index (χ2n) is 2.56. The summed E-state index contributed by atoms with van der Waals surface area (Å²) < 4.78 is 1.91. The Morgan fingerprint density at radius 1 is 1.33 bits per heavy atom. The maximum Gasteiger partial charge on any atom is 0.222 e. The highest BCUT2D eigenvalue weighted by Gasteiger charge is 2.03. The summed E-state index contributed by atoms with van der Waals surface area (Å²) in [6, 6.07) is 0. The summed E-state index contributed by atoms with van der Waals surface area (Å²) in [5.74, 6) is -0.310. The minimum atomic E-state index is -0.310. The molecule has 12 heavy (non-hydrogen) atoms. The molecule has 4 heteroatoms. The van der Waals surface area contributed by atoms with E-state index >= 15 is 0 Å². The normalized spacial score (nSPS) is 12.6. The number of primary amides is 1. The van der Waals surface area contributed by atoms with Gasteiger partial charge in [-0.05, 0) is 12.8 Å². The maximum absolute atomic E-state index is 10.5. The number of hydrogen-bond donors (Lipinski definition) is 1. The van der Waals surface area contributed by atoms with Gasteiger partial charge in [0.05, 0.1) is 6.42 Å². The molecule has 0 bridgehead atoms. The first-order valence-electron chi connectivity index (χ1n) is 3.89. The number of unbranched alkanes of at least 4 members (excludes halogenated alkanes) is 1. The van der Waals surface area contributed by atoms with Crippen LogP contribution < -0.4 is 5.73 Å². The molecule has 70 valence electrons. The third-order valence-electron chi connectivity index (χ3n) is 1.37. The zero-order chi connectivity index (χ0) is 9.56. The van der Waals surface area contributed by atoms with Crippen molar-refractivity contribution in [1.29, 1.82) is 0 Å². The largest absolute Gasteiger partial charge is 0.369 e. The Kier molecular flexibility index (Phi) is 6.76. The number of rotatable bonds is 5. The van der Waals surface area contributed by atoms with E-state index in [0.29, 0.717) is 0 Å². The highest BCUT2D eigenvalue weighted by molar-refractivity contribution is 9.14. The molecule has 0 unspecified atom stereocenters. The van der Waals surface area contributed by atoms with Gasteiger partial charge in [0, 0.05) is 8.96 Å². The van der Waals surface area contributed by atoms with Crippen molar-refractivity contribution in [3.05, 3.63) is 8.96 Å². The molecule has 0 heterocycles. The molecule has 0 fully saturated rings. The van der Waals surface area contributed by atoms with Crippen LogP contribution in [0.5, 0.6) is 0 Å². The van der Waals surface area contributed by atoms with Gasteiger partial charge in [0.15, 0.2) is 0 Å². The van der Waals surface area contributed by atoms with Crippen LogP contribution in [0.4, 0.5) is 0 Å². The molecule has 2 N–H and O–H groups in total. The van der Waals surface area contributed by atoms with Crippen molar-refractivity contribution in [3.8, 4) is 0 Å². The molecular formula is C8H13Br2NO. The van der Waals surface area contributed by atoms with Crippen LogP contribution in [0.3, 0.4) is 0 Å². The summed E-state index contributed by atoms with van der Waals surface area (Å²) in [5.41, 5.74) is 5.04. The molecule has 0 radical (unpaired) electrons. The number of halogens is 2. The van der Waals surface area contributed by atoms with Crippen molar-refractivity contribution in [2.75, 3.05) is 0 Å². The third kappa shape index (κ3) is 5.77. The fourth-order valence-corrected chi connectivity index (χ4v) is 1.61. The molecule has 0 aliphatic heterocycles. The summed E-state index contributed by atoms with van der Waals surface area (Å²) in [4.78, 5) is 10.5. The minimum Gasteiger partial charge on any atom is -0.369 e. The van der Waals surface area contributed by atoms with E-state index in [0.717, 1.165) is 28.2 Å². The quantitative estimate of drug-likeness (QED) is 0.833. The van der Waals surface area contributed by atoms with Gasteiger partial charge in [0.25, 0.3) is 0 Å². The van der Waals surface area contributed by atoms with E-state index in [9.17, 15) is 4.79 Å². The third-order valence-corrected chi connectivity index (χ3v) is 3.54. The minimum absolute atomic E-state index is 0.282. The van der Waals surface area contributed by atoms with Gasteiger partial charge < -0.3 is 5.73 Å². The van der Waals surface area contributed by atoms with E-state index < -0.39 is 0 Å². The molecule has 0 aromatic rings. The zero-order valence-electron chi connectivity index (χ0n) is 7.07. The van der Waals surface area contributed by atoms with Crippen molar-refractivity contribution < 1.29 is 4.79 Å². The fraction of sp³-hybridized carbons (Fsp3) is 0.625. The Hall–Kier alpha value is 0.170. The standard InChI is InChI=1S/C8H13Br2NO/c1-2-3-4-6(9)7(10)5-8(11)12/h2-5H2,1H3,(H2,11,12). The number of amides is 1. The van der Waals surface area contributed by atoms with Crippen LogP contribution >= 0.6 is 31.9 Å². The van der Waals surface area contributed by atoms with Crippen LogP contribution in [-0.2, 0) is 4.79 Å². The topological polar surface area (TPSA) is 43.1 Å². The van der Waals surface area contributed by atoms with Crippen LogP contribution in [0, 0.1) is 0 Å². The number of hydrogen-bond acceptors (Lipinski definition) is 1. The Morgan fingerprint density at radius 3 is 2.33 bits per heavy atom. The van der Waals surface area contributed by atoms with Gasteiger partial charge in [-0.25, -0.2) is 0 Å². The average Bonchev–Trinajstić information content (AvgIpc) is 1.98. The number of carbonyl (C=O) groups is 1.